The van der Waals surface area contributed by atoms with Gasteiger partial charge in [-0.1, -0.05) is 0 Å². The number of aromatic nitrogens is 1. The summed E-state index contributed by atoms with van der Waals surface area (Å²) in [5.41, 5.74) is 5.42. The van der Waals surface area contributed by atoms with E-state index in [-0.39, 0.29) is 22.7 Å². The number of pyridine rings is 1. The standard InChI is InChI=1S/C9H9N3O3/c1-4-7(11)6(9(13)14)5(3-10)8(12-4)15-2/h11H2,1-2H3,(H,13,14). The van der Waals surface area contributed by atoms with Gasteiger partial charge in [0.15, 0.2) is 0 Å². The molecule has 0 saturated carbocycles. The van der Waals surface area contributed by atoms with Crippen molar-refractivity contribution in [3.05, 3.63) is 16.8 Å². The van der Waals surface area contributed by atoms with E-state index < -0.39 is 5.97 Å². The molecule has 0 spiro atoms. The molecule has 0 bridgehead atoms. The number of nitrogens with zero attached hydrogens (tertiary/aromatic N) is 2. The maximum absolute atomic E-state index is 10.9. The molecule has 15 heavy (non-hydrogen) atoms. The third kappa shape index (κ3) is 1.67. The topological polar surface area (TPSA) is 109 Å². The number of ether oxygens (including phenoxy) is 1. The van der Waals surface area contributed by atoms with Crippen molar-refractivity contribution in [1.29, 1.82) is 5.26 Å². The number of aromatic carboxylic acids is 1. The number of nitrogens with two attached hydrogens (primary N) is 1. The van der Waals surface area contributed by atoms with Crippen molar-refractivity contribution in [2.24, 2.45) is 0 Å². The molecule has 1 rings (SSSR count). The molecular weight excluding hydrogens is 198 g/mol. The first-order valence-electron chi connectivity index (χ1n) is 4.00. The van der Waals surface area contributed by atoms with Crippen molar-refractivity contribution in [3.8, 4) is 11.9 Å². The van der Waals surface area contributed by atoms with Crippen molar-refractivity contribution in [2.45, 2.75) is 6.92 Å². The van der Waals surface area contributed by atoms with Gasteiger partial charge in [0, 0.05) is 0 Å². The van der Waals surface area contributed by atoms with Gasteiger partial charge in [0.1, 0.15) is 17.2 Å². The largest absolute Gasteiger partial charge is 0.480 e. The number of hydrogen-bond acceptors (Lipinski definition) is 5. The molecule has 0 radical (unpaired) electrons. The fourth-order valence-electron chi connectivity index (χ4n) is 1.16. The summed E-state index contributed by atoms with van der Waals surface area (Å²) >= 11 is 0. The molecule has 1 aromatic heterocycles. The third-order valence-electron chi connectivity index (χ3n) is 1.91. The van der Waals surface area contributed by atoms with E-state index in [2.05, 4.69) is 4.98 Å². The number of nitriles is 1. The van der Waals surface area contributed by atoms with Crippen LogP contribution in [0.2, 0.25) is 0 Å². The van der Waals surface area contributed by atoms with Crippen LogP contribution >= 0.6 is 0 Å². The summed E-state index contributed by atoms with van der Waals surface area (Å²) in [6, 6.07) is 1.72. The van der Waals surface area contributed by atoms with Crippen LogP contribution in [0.1, 0.15) is 21.6 Å². The molecule has 0 saturated heterocycles. The van der Waals surface area contributed by atoms with Crippen LogP contribution in [0.3, 0.4) is 0 Å². The van der Waals surface area contributed by atoms with Gasteiger partial charge < -0.3 is 15.6 Å². The van der Waals surface area contributed by atoms with Crippen LogP contribution in [0.5, 0.6) is 5.88 Å². The molecule has 0 fully saturated rings. The summed E-state index contributed by atoms with van der Waals surface area (Å²) < 4.78 is 4.81. The molecule has 1 heterocycles. The van der Waals surface area contributed by atoms with Crippen molar-refractivity contribution >= 4 is 11.7 Å². The van der Waals surface area contributed by atoms with Gasteiger partial charge in [0.05, 0.1) is 18.5 Å². The van der Waals surface area contributed by atoms with Crippen LogP contribution in [0, 0.1) is 18.3 Å². The quantitative estimate of drug-likeness (QED) is 0.732. The molecular formula is C9H9N3O3. The summed E-state index contributed by atoms with van der Waals surface area (Å²) in [7, 11) is 1.31. The molecule has 0 aliphatic rings. The lowest BCUT2D eigenvalue weighted by Gasteiger charge is -2.09. The van der Waals surface area contributed by atoms with Gasteiger partial charge in [-0.3, -0.25) is 0 Å². The smallest absolute Gasteiger partial charge is 0.339 e. The Labute approximate surface area is 85.9 Å². The predicted molar refractivity (Wildman–Crippen MR) is 51.6 cm³/mol. The molecule has 0 aromatic carbocycles. The SMILES string of the molecule is COc1nc(C)c(N)c(C(=O)O)c1C#N. The highest BCUT2D eigenvalue weighted by atomic mass is 16.5. The van der Waals surface area contributed by atoms with Gasteiger partial charge in [0.25, 0.3) is 0 Å². The molecule has 0 aliphatic heterocycles. The Kier molecular flexibility index (Phi) is 2.76. The van der Waals surface area contributed by atoms with E-state index in [1.165, 1.54) is 7.11 Å². The minimum Gasteiger partial charge on any atom is -0.480 e. The lowest BCUT2D eigenvalue weighted by molar-refractivity contribution is 0.0697. The van der Waals surface area contributed by atoms with E-state index in [0.29, 0.717) is 5.69 Å². The maximum Gasteiger partial charge on any atom is 0.339 e. The Morgan fingerprint density at radius 2 is 2.27 bits per heavy atom. The number of nitrogen functional groups attached to an aromatic ring is 1. The Balaban J connectivity index is 3.66. The fraction of sp³-hybridized carbons (Fsp3) is 0.222. The zero-order valence-electron chi connectivity index (χ0n) is 8.24. The Bertz CT molecular complexity index is 463. The lowest BCUT2D eigenvalue weighted by atomic mass is 10.1. The highest BCUT2D eigenvalue weighted by Crippen LogP contribution is 2.26. The van der Waals surface area contributed by atoms with Crippen LogP contribution in [0.4, 0.5) is 5.69 Å². The number of aryl methyl sites for hydroxylation is 1. The van der Waals surface area contributed by atoms with Crippen molar-refractivity contribution in [1.82, 2.24) is 4.98 Å². The number of rotatable bonds is 2. The van der Waals surface area contributed by atoms with Gasteiger partial charge in [-0.15, -0.1) is 0 Å². The number of hydrogen-bond donors (Lipinski definition) is 2. The Morgan fingerprint density at radius 3 is 2.67 bits per heavy atom. The van der Waals surface area contributed by atoms with Gasteiger partial charge in [-0.2, -0.15) is 5.26 Å². The minimum atomic E-state index is -1.27. The Morgan fingerprint density at radius 1 is 1.67 bits per heavy atom. The molecule has 3 N–H and O–H groups in total. The molecule has 6 heteroatoms. The number of carboxylic acid groups (broad SMARTS) is 1. The van der Waals surface area contributed by atoms with Gasteiger partial charge in [-0.05, 0) is 6.92 Å². The van der Waals surface area contributed by atoms with Gasteiger partial charge in [0.2, 0.25) is 5.88 Å². The first-order valence-corrected chi connectivity index (χ1v) is 4.00. The number of methoxy groups -OCH3 is 1. The number of anilines is 1. The lowest BCUT2D eigenvalue weighted by Crippen LogP contribution is -2.10. The fourth-order valence-corrected chi connectivity index (χ4v) is 1.16. The number of carbonyl (C=O) groups is 1. The van der Waals surface area contributed by atoms with Crippen LogP contribution in [-0.4, -0.2) is 23.2 Å². The monoisotopic (exact) mass is 207 g/mol. The second-order valence-electron chi connectivity index (χ2n) is 2.79. The van der Waals surface area contributed by atoms with Crippen LogP contribution in [0.15, 0.2) is 0 Å². The zero-order chi connectivity index (χ0) is 11.6. The van der Waals surface area contributed by atoms with E-state index in [1.807, 2.05) is 0 Å². The number of carboxylic acids is 1. The first kappa shape index (κ1) is 10.8. The van der Waals surface area contributed by atoms with Gasteiger partial charge in [-0.25, -0.2) is 9.78 Å². The summed E-state index contributed by atoms with van der Waals surface area (Å²) in [6.45, 7) is 1.55. The third-order valence-corrected chi connectivity index (χ3v) is 1.91. The van der Waals surface area contributed by atoms with E-state index >= 15 is 0 Å². The summed E-state index contributed by atoms with van der Waals surface area (Å²) in [5, 5.41) is 17.7. The summed E-state index contributed by atoms with van der Waals surface area (Å²) in [4.78, 5) is 14.8. The summed E-state index contributed by atoms with van der Waals surface area (Å²) in [6.07, 6.45) is 0. The average molecular weight is 207 g/mol. The Hall–Kier alpha value is -2.29. The summed E-state index contributed by atoms with van der Waals surface area (Å²) in [5.74, 6) is -1.30. The highest BCUT2D eigenvalue weighted by molar-refractivity contribution is 5.97. The molecule has 0 atom stereocenters. The van der Waals surface area contributed by atoms with Crippen molar-refractivity contribution in [3.63, 3.8) is 0 Å². The zero-order valence-corrected chi connectivity index (χ0v) is 8.24. The van der Waals surface area contributed by atoms with Crippen molar-refractivity contribution in [2.75, 3.05) is 12.8 Å². The normalized spacial score (nSPS) is 9.40. The molecule has 78 valence electrons. The van der Waals surface area contributed by atoms with Crippen LogP contribution < -0.4 is 10.5 Å². The van der Waals surface area contributed by atoms with Gasteiger partial charge >= 0.3 is 5.97 Å². The molecule has 0 unspecified atom stereocenters. The molecule has 0 amide bonds. The van der Waals surface area contributed by atoms with Crippen LogP contribution in [-0.2, 0) is 0 Å². The maximum atomic E-state index is 10.9. The average Bonchev–Trinajstić information content (AvgIpc) is 2.20. The molecule has 1 aromatic rings. The molecule has 6 nitrogen and oxygen atoms in total. The van der Waals surface area contributed by atoms with E-state index in [1.54, 1.807) is 13.0 Å². The highest BCUT2D eigenvalue weighted by Gasteiger charge is 2.21. The first-order chi connectivity index (χ1) is 7.02. The van der Waals surface area contributed by atoms with E-state index in [9.17, 15) is 4.79 Å². The van der Waals surface area contributed by atoms with E-state index in [0.717, 1.165) is 0 Å². The second kappa shape index (κ2) is 3.84. The second-order valence-corrected chi connectivity index (χ2v) is 2.79. The van der Waals surface area contributed by atoms with Crippen molar-refractivity contribution < 1.29 is 14.6 Å². The molecule has 0 aliphatic carbocycles. The van der Waals surface area contributed by atoms with Crippen LogP contribution in [0.25, 0.3) is 0 Å². The van der Waals surface area contributed by atoms with E-state index in [4.69, 9.17) is 20.8 Å². The predicted octanol–water partition coefficient (Wildman–Crippen LogP) is 0.551. The minimum absolute atomic E-state index is 0.0140.